The summed E-state index contributed by atoms with van der Waals surface area (Å²) in [5.41, 5.74) is 3.98. The summed E-state index contributed by atoms with van der Waals surface area (Å²) < 4.78 is 6.47. The van der Waals surface area contributed by atoms with Gasteiger partial charge in [0.05, 0.1) is 15.1 Å². The number of benzene rings is 1. The number of carbonyl (C=O) groups is 1. The molecular weight excluding hydrogens is 405 g/mol. The van der Waals surface area contributed by atoms with Crippen LogP contribution >= 0.6 is 34.8 Å². The number of nitrogens with two attached hydrogens (primary N) is 1. The fourth-order valence-corrected chi connectivity index (χ4v) is 2.83. The average molecular weight is 421 g/mol. The normalized spacial score (nSPS) is 11.0. The van der Waals surface area contributed by atoms with E-state index in [-0.39, 0.29) is 44.7 Å². The lowest BCUT2D eigenvalue weighted by molar-refractivity contribution is 0.0920. The van der Waals surface area contributed by atoms with Gasteiger partial charge in [-0.05, 0) is 12.0 Å². The number of anilines is 1. The van der Waals surface area contributed by atoms with Crippen molar-refractivity contribution in [1.82, 2.24) is 9.55 Å². The second kappa shape index (κ2) is 8.16. The van der Waals surface area contributed by atoms with Gasteiger partial charge in [0.1, 0.15) is 17.1 Å². The largest absolute Gasteiger partial charge is 0.484 e. The molecule has 1 aromatic heterocycles. The lowest BCUT2D eigenvalue weighted by atomic mass is 10.2. The molecule has 2 rings (SSSR count). The number of nitrogens with zero attached hydrogens (tertiary/aromatic N) is 1. The van der Waals surface area contributed by atoms with Crippen molar-refractivity contribution in [3.8, 4) is 5.75 Å². The highest BCUT2D eigenvalue weighted by Crippen LogP contribution is 2.33. The molecule has 0 amide bonds. The highest BCUT2D eigenvalue weighted by atomic mass is 35.5. The van der Waals surface area contributed by atoms with Crippen molar-refractivity contribution < 1.29 is 9.53 Å². The molecule has 0 bridgehead atoms. The van der Waals surface area contributed by atoms with Gasteiger partial charge in [0.25, 0.3) is 5.56 Å². The molecular formula is C16H16Cl3N3O4. The zero-order valence-electron chi connectivity index (χ0n) is 13.9. The van der Waals surface area contributed by atoms with Gasteiger partial charge in [-0.3, -0.25) is 19.1 Å². The summed E-state index contributed by atoms with van der Waals surface area (Å²) in [6, 6.07) is 2.72. The molecule has 0 atom stereocenters. The number of H-pyrrole nitrogens is 1. The Kier molecular flexibility index (Phi) is 6.39. The molecule has 0 fully saturated rings. The molecule has 3 N–H and O–H groups in total. The third-order valence-corrected chi connectivity index (χ3v) is 4.42. The molecule has 0 aliphatic rings. The highest BCUT2D eigenvalue weighted by Gasteiger charge is 2.21. The van der Waals surface area contributed by atoms with Crippen LogP contribution in [-0.4, -0.2) is 21.9 Å². The maximum Gasteiger partial charge on any atom is 0.329 e. The van der Waals surface area contributed by atoms with Crippen LogP contribution in [0.1, 0.15) is 24.2 Å². The first-order valence-corrected chi connectivity index (χ1v) is 8.68. The second-order valence-corrected chi connectivity index (χ2v) is 7.15. The molecule has 26 heavy (non-hydrogen) atoms. The smallest absolute Gasteiger partial charge is 0.329 e. The zero-order valence-corrected chi connectivity index (χ0v) is 16.2. The molecule has 0 unspecified atom stereocenters. The molecule has 0 aliphatic heterocycles. The standard InChI is InChI=1S/C16H16Cl3N3O4/c1-7(2)5-22-14(20)13(15(24)21-16(22)25)11(23)6-26-12-4-9(18)8(17)3-10(12)19/h3-4,7H,5-6,20H2,1-2H3,(H,21,24,25). The Balaban J connectivity index is 2.32. The van der Waals surface area contributed by atoms with Crippen LogP contribution in [-0.2, 0) is 6.54 Å². The number of hydrogen-bond acceptors (Lipinski definition) is 5. The van der Waals surface area contributed by atoms with Crippen molar-refractivity contribution in [1.29, 1.82) is 0 Å². The van der Waals surface area contributed by atoms with Gasteiger partial charge in [-0.25, -0.2) is 4.79 Å². The van der Waals surface area contributed by atoms with E-state index < -0.39 is 23.6 Å². The molecule has 0 aliphatic carbocycles. The molecule has 140 valence electrons. The van der Waals surface area contributed by atoms with Gasteiger partial charge < -0.3 is 10.5 Å². The van der Waals surface area contributed by atoms with Crippen LogP contribution in [0, 0.1) is 5.92 Å². The molecule has 1 aromatic carbocycles. The van der Waals surface area contributed by atoms with Gasteiger partial charge in [0.15, 0.2) is 6.61 Å². The highest BCUT2D eigenvalue weighted by molar-refractivity contribution is 6.43. The Morgan fingerprint density at radius 2 is 1.81 bits per heavy atom. The molecule has 0 saturated carbocycles. The molecule has 0 saturated heterocycles. The molecule has 0 spiro atoms. The van der Waals surface area contributed by atoms with E-state index in [2.05, 4.69) is 4.98 Å². The lowest BCUT2D eigenvalue weighted by Crippen LogP contribution is -2.38. The number of ether oxygens (including phenoxy) is 1. The molecule has 2 aromatic rings. The van der Waals surface area contributed by atoms with E-state index >= 15 is 0 Å². The van der Waals surface area contributed by atoms with Gasteiger partial charge in [-0.15, -0.1) is 0 Å². The predicted molar refractivity (Wildman–Crippen MR) is 102 cm³/mol. The fourth-order valence-electron chi connectivity index (χ4n) is 2.23. The van der Waals surface area contributed by atoms with Gasteiger partial charge >= 0.3 is 5.69 Å². The van der Waals surface area contributed by atoms with E-state index in [1.165, 1.54) is 12.1 Å². The maximum absolute atomic E-state index is 12.4. The molecule has 10 heteroatoms. The summed E-state index contributed by atoms with van der Waals surface area (Å²) in [7, 11) is 0. The van der Waals surface area contributed by atoms with Gasteiger partial charge in [0, 0.05) is 12.6 Å². The van der Waals surface area contributed by atoms with Crippen LogP contribution in [0.25, 0.3) is 0 Å². The number of aromatic amines is 1. The summed E-state index contributed by atoms with van der Waals surface area (Å²) in [5.74, 6) is -0.709. The first kappa shape index (κ1) is 20.4. The van der Waals surface area contributed by atoms with E-state index in [4.69, 9.17) is 45.3 Å². The van der Waals surface area contributed by atoms with E-state index in [9.17, 15) is 14.4 Å². The van der Waals surface area contributed by atoms with Crippen molar-refractivity contribution in [3.63, 3.8) is 0 Å². The number of nitrogens with one attached hydrogen (secondary N) is 1. The van der Waals surface area contributed by atoms with Gasteiger partial charge in [-0.2, -0.15) is 0 Å². The predicted octanol–water partition coefficient (Wildman–Crippen LogP) is 3.00. The van der Waals surface area contributed by atoms with Gasteiger partial charge in [0.2, 0.25) is 5.78 Å². The second-order valence-electron chi connectivity index (χ2n) is 5.93. The third-order valence-electron chi connectivity index (χ3n) is 3.40. The summed E-state index contributed by atoms with van der Waals surface area (Å²) in [5, 5.41) is 0.581. The Labute approximate surface area is 163 Å². The number of hydrogen-bond donors (Lipinski definition) is 2. The van der Waals surface area contributed by atoms with Crippen molar-refractivity contribution >= 4 is 46.4 Å². The zero-order chi connectivity index (χ0) is 19.6. The van der Waals surface area contributed by atoms with Crippen molar-refractivity contribution in [2.24, 2.45) is 5.92 Å². The topological polar surface area (TPSA) is 107 Å². The van der Waals surface area contributed by atoms with Gasteiger partial charge in [-0.1, -0.05) is 48.7 Å². The minimum absolute atomic E-state index is 0.0788. The van der Waals surface area contributed by atoms with Crippen LogP contribution < -0.4 is 21.7 Å². The minimum Gasteiger partial charge on any atom is -0.484 e. The van der Waals surface area contributed by atoms with Crippen molar-refractivity contribution in [2.45, 2.75) is 20.4 Å². The Bertz CT molecular complexity index is 966. The number of rotatable bonds is 6. The summed E-state index contributed by atoms with van der Waals surface area (Å²) >= 11 is 17.7. The number of nitrogen functional groups attached to an aromatic ring is 1. The molecule has 1 heterocycles. The third kappa shape index (κ3) is 4.41. The Morgan fingerprint density at radius 1 is 1.19 bits per heavy atom. The maximum atomic E-state index is 12.4. The minimum atomic E-state index is -0.874. The monoisotopic (exact) mass is 419 g/mol. The lowest BCUT2D eigenvalue weighted by Gasteiger charge is -2.14. The fraction of sp³-hybridized carbons (Fsp3) is 0.312. The van der Waals surface area contributed by atoms with Crippen LogP contribution in [0.4, 0.5) is 5.82 Å². The van der Waals surface area contributed by atoms with Crippen LogP contribution in [0.15, 0.2) is 21.7 Å². The van der Waals surface area contributed by atoms with E-state index in [0.29, 0.717) is 0 Å². The number of halogens is 3. The van der Waals surface area contributed by atoms with E-state index in [0.717, 1.165) is 4.57 Å². The summed E-state index contributed by atoms with van der Waals surface area (Å²) in [6.45, 7) is 3.47. The first-order valence-electron chi connectivity index (χ1n) is 7.55. The quantitative estimate of drug-likeness (QED) is 0.552. The molecule has 0 radical (unpaired) electrons. The number of Topliss-reactive ketones (excluding diaryl/α,β-unsaturated/α-hetero) is 1. The van der Waals surface area contributed by atoms with Crippen molar-refractivity contribution in [3.05, 3.63) is 53.6 Å². The SMILES string of the molecule is CC(C)Cn1c(N)c(C(=O)COc2cc(Cl)c(Cl)cc2Cl)c(=O)[nH]c1=O. The van der Waals surface area contributed by atoms with E-state index in [1.807, 2.05) is 13.8 Å². The van der Waals surface area contributed by atoms with Crippen molar-refractivity contribution in [2.75, 3.05) is 12.3 Å². The molecule has 7 nitrogen and oxygen atoms in total. The van der Waals surface area contributed by atoms with Crippen LogP contribution in [0.5, 0.6) is 5.75 Å². The Morgan fingerprint density at radius 3 is 2.42 bits per heavy atom. The average Bonchev–Trinajstić information content (AvgIpc) is 2.53. The number of aromatic nitrogens is 2. The summed E-state index contributed by atoms with van der Waals surface area (Å²) in [4.78, 5) is 38.5. The van der Waals surface area contributed by atoms with Crippen LogP contribution in [0.2, 0.25) is 15.1 Å². The first-order chi connectivity index (χ1) is 12.1. The summed E-state index contributed by atoms with van der Waals surface area (Å²) in [6.07, 6.45) is 0. The number of carbonyl (C=O) groups excluding carboxylic acids is 1. The van der Waals surface area contributed by atoms with Crippen LogP contribution in [0.3, 0.4) is 0 Å². The van der Waals surface area contributed by atoms with E-state index in [1.54, 1.807) is 0 Å². The number of ketones is 1. The Hall–Kier alpha value is -1.96.